The van der Waals surface area contributed by atoms with Crippen LogP contribution in [-0.4, -0.2) is 32.5 Å². The van der Waals surface area contributed by atoms with Gasteiger partial charge in [-0.1, -0.05) is 49.4 Å². The van der Waals surface area contributed by atoms with Crippen molar-refractivity contribution in [3.05, 3.63) is 65.7 Å². The minimum absolute atomic E-state index is 0.0633. The van der Waals surface area contributed by atoms with Gasteiger partial charge in [-0.2, -0.15) is 0 Å². The molecule has 0 aliphatic carbocycles. The van der Waals surface area contributed by atoms with Gasteiger partial charge in [0.25, 0.3) is 0 Å². The van der Waals surface area contributed by atoms with Gasteiger partial charge in [0.2, 0.25) is 11.8 Å². The monoisotopic (exact) mass is 386 g/mol. The van der Waals surface area contributed by atoms with Crippen LogP contribution < -0.4 is 10.2 Å². The highest BCUT2D eigenvalue weighted by atomic mass is 32.2. The molecule has 1 aliphatic rings. The molecule has 0 saturated carbocycles. The zero-order valence-electron chi connectivity index (χ0n) is 15.1. The minimum atomic E-state index is -3.61. The van der Waals surface area contributed by atoms with Gasteiger partial charge in [-0.25, -0.2) is 8.42 Å². The third kappa shape index (κ3) is 4.19. The summed E-state index contributed by atoms with van der Waals surface area (Å²) in [6, 6.07) is 15.6. The molecule has 1 unspecified atom stereocenters. The molecule has 0 radical (unpaired) electrons. The molecule has 27 heavy (non-hydrogen) atoms. The number of carbonyl (C=O) groups is 2. The molecule has 0 spiro atoms. The first-order valence-electron chi connectivity index (χ1n) is 8.86. The summed E-state index contributed by atoms with van der Waals surface area (Å²) in [5.74, 6) is -1.02. The number of carbonyl (C=O) groups excluding carboxylic acids is 2. The number of hydrogen-bond acceptors (Lipinski definition) is 4. The largest absolute Gasteiger partial charge is 0.356 e. The van der Waals surface area contributed by atoms with E-state index in [1.807, 2.05) is 6.92 Å². The SMILES string of the molecule is CCCNC(=O)Cc1ccc(N2C(=O)CS(=O)(=O)C2c2ccccc2)cc1. The quantitative estimate of drug-likeness (QED) is 0.825. The lowest BCUT2D eigenvalue weighted by Gasteiger charge is -2.24. The molecule has 1 N–H and O–H groups in total. The first-order chi connectivity index (χ1) is 12.9. The number of hydrogen-bond donors (Lipinski definition) is 1. The number of sulfone groups is 1. The van der Waals surface area contributed by atoms with Crippen LogP contribution in [-0.2, 0) is 25.8 Å². The third-order valence-electron chi connectivity index (χ3n) is 4.40. The Bertz CT molecular complexity index is 924. The predicted molar refractivity (Wildman–Crippen MR) is 104 cm³/mol. The van der Waals surface area contributed by atoms with Crippen molar-refractivity contribution in [2.24, 2.45) is 0 Å². The second-order valence-electron chi connectivity index (χ2n) is 6.53. The molecule has 6 nitrogen and oxygen atoms in total. The molecule has 1 aliphatic heterocycles. The minimum Gasteiger partial charge on any atom is -0.356 e. The van der Waals surface area contributed by atoms with E-state index in [2.05, 4.69) is 5.32 Å². The van der Waals surface area contributed by atoms with Crippen LogP contribution in [0.3, 0.4) is 0 Å². The molecule has 2 aromatic carbocycles. The molecule has 2 amide bonds. The van der Waals surface area contributed by atoms with Gasteiger partial charge in [0, 0.05) is 12.2 Å². The van der Waals surface area contributed by atoms with E-state index in [1.54, 1.807) is 54.6 Å². The number of benzene rings is 2. The Kier molecular flexibility index (Phi) is 5.60. The van der Waals surface area contributed by atoms with Crippen LogP contribution in [0.2, 0.25) is 0 Å². The van der Waals surface area contributed by atoms with Gasteiger partial charge in [-0.3, -0.25) is 14.5 Å². The van der Waals surface area contributed by atoms with E-state index in [0.29, 0.717) is 17.8 Å². The maximum atomic E-state index is 12.6. The molecule has 0 aromatic heterocycles. The molecule has 1 saturated heterocycles. The number of nitrogens with zero attached hydrogens (tertiary/aromatic N) is 1. The van der Waals surface area contributed by atoms with Crippen LogP contribution in [0, 0.1) is 0 Å². The van der Waals surface area contributed by atoms with Crippen molar-refractivity contribution in [2.45, 2.75) is 25.1 Å². The lowest BCUT2D eigenvalue weighted by molar-refractivity contribution is -0.120. The molecule has 142 valence electrons. The van der Waals surface area contributed by atoms with Crippen LogP contribution in [0.1, 0.15) is 29.8 Å². The highest BCUT2D eigenvalue weighted by molar-refractivity contribution is 7.93. The Hall–Kier alpha value is -2.67. The summed E-state index contributed by atoms with van der Waals surface area (Å²) in [4.78, 5) is 25.6. The Morgan fingerprint density at radius 1 is 1.11 bits per heavy atom. The van der Waals surface area contributed by atoms with Crippen LogP contribution in [0.15, 0.2) is 54.6 Å². The smallest absolute Gasteiger partial charge is 0.243 e. The van der Waals surface area contributed by atoms with Crippen LogP contribution in [0.25, 0.3) is 0 Å². The van der Waals surface area contributed by atoms with Crippen LogP contribution in [0.5, 0.6) is 0 Å². The third-order valence-corrected chi connectivity index (χ3v) is 6.22. The van der Waals surface area contributed by atoms with Crippen molar-refractivity contribution in [3.8, 4) is 0 Å². The standard InChI is InChI=1S/C20H22N2O4S/c1-2-12-21-18(23)13-15-8-10-17(11-9-15)22-19(24)14-27(25,26)20(22)16-6-4-3-5-7-16/h3-11,20H,2,12-14H2,1H3,(H,21,23). The summed E-state index contributed by atoms with van der Waals surface area (Å²) < 4.78 is 25.1. The summed E-state index contributed by atoms with van der Waals surface area (Å²) in [6.45, 7) is 2.62. The van der Waals surface area contributed by atoms with E-state index in [4.69, 9.17) is 0 Å². The molecule has 3 rings (SSSR count). The van der Waals surface area contributed by atoms with Crippen LogP contribution in [0.4, 0.5) is 5.69 Å². The second kappa shape index (κ2) is 7.92. The van der Waals surface area contributed by atoms with Crippen molar-refractivity contribution in [1.82, 2.24) is 5.32 Å². The Morgan fingerprint density at radius 2 is 1.78 bits per heavy atom. The van der Waals surface area contributed by atoms with Crippen molar-refractivity contribution in [1.29, 1.82) is 0 Å². The number of nitrogens with one attached hydrogen (secondary N) is 1. The normalized spacial score (nSPS) is 18.5. The molecular weight excluding hydrogens is 364 g/mol. The second-order valence-corrected chi connectivity index (χ2v) is 8.59. The highest BCUT2D eigenvalue weighted by Gasteiger charge is 2.45. The maximum absolute atomic E-state index is 12.6. The van der Waals surface area contributed by atoms with Gasteiger partial charge in [-0.05, 0) is 29.7 Å². The Labute approximate surface area is 159 Å². The fraction of sp³-hybridized carbons (Fsp3) is 0.300. The Morgan fingerprint density at radius 3 is 2.41 bits per heavy atom. The van der Waals surface area contributed by atoms with Crippen molar-refractivity contribution >= 4 is 27.3 Å². The molecule has 2 aromatic rings. The first-order valence-corrected chi connectivity index (χ1v) is 10.6. The molecule has 1 heterocycles. The molecular formula is C20H22N2O4S. The number of rotatable bonds is 6. The maximum Gasteiger partial charge on any atom is 0.243 e. The number of anilines is 1. The predicted octanol–water partition coefficient (Wildman–Crippen LogP) is 2.22. The van der Waals surface area contributed by atoms with Crippen LogP contribution >= 0.6 is 0 Å². The summed E-state index contributed by atoms with van der Waals surface area (Å²) in [7, 11) is -3.61. The first kappa shape index (κ1) is 19.1. The summed E-state index contributed by atoms with van der Waals surface area (Å²) in [5, 5.41) is 1.79. The van der Waals surface area contributed by atoms with E-state index >= 15 is 0 Å². The van der Waals surface area contributed by atoms with Crippen molar-refractivity contribution in [2.75, 3.05) is 17.2 Å². The van der Waals surface area contributed by atoms with Crippen molar-refractivity contribution in [3.63, 3.8) is 0 Å². The van der Waals surface area contributed by atoms with Gasteiger partial charge in [0.05, 0.1) is 6.42 Å². The zero-order valence-corrected chi connectivity index (χ0v) is 15.9. The fourth-order valence-corrected chi connectivity index (χ4v) is 4.93. The molecule has 7 heteroatoms. The number of amides is 2. The average Bonchev–Trinajstić information content (AvgIpc) is 2.89. The summed E-state index contributed by atoms with van der Waals surface area (Å²) in [5.41, 5.74) is 1.87. The summed E-state index contributed by atoms with van der Waals surface area (Å²) in [6.07, 6.45) is 1.12. The molecule has 0 bridgehead atoms. The topological polar surface area (TPSA) is 83.6 Å². The highest BCUT2D eigenvalue weighted by Crippen LogP contribution is 2.37. The van der Waals surface area contributed by atoms with Gasteiger partial charge in [0.15, 0.2) is 15.2 Å². The lowest BCUT2D eigenvalue weighted by Crippen LogP contribution is -2.29. The zero-order chi connectivity index (χ0) is 19.4. The van der Waals surface area contributed by atoms with E-state index in [0.717, 1.165) is 12.0 Å². The Balaban J connectivity index is 1.85. The van der Waals surface area contributed by atoms with Gasteiger partial charge >= 0.3 is 0 Å². The average molecular weight is 386 g/mol. The van der Waals surface area contributed by atoms with E-state index in [-0.39, 0.29) is 12.3 Å². The fourth-order valence-electron chi connectivity index (χ4n) is 3.15. The molecule has 1 fully saturated rings. The van der Waals surface area contributed by atoms with Gasteiger partial charge in [-0.15, -0.1) is 0 Å². The van der Waals surface area contributed by atoms with Gasteiger partial charge in [0.1, 0.15) is 5.75 Å². The van der Waals surface area contributed by atoms with E-state index in [9.17, 15) is 18.0 Å². The summed E-state index contributed by atoms with van der Waals surface area (Å²) >= 11 is 0. The van der Waals surface area contributed by atoms with Gasteiger partial charge < -0.3 is 5.32 Å². The lowest BCUT2D eigenvalue weighted by atomic mass is 10.1. The van der Waals surface area contributed by atoms with Crippen molar-refractivity contribution < 1.29 is 18.0 Å². The van der Waals surface area contributed by atoms with E-state index in [1.165, 1.54) is 4.90 Å². The van der Waals surface area contributed by atoms with E-state index < -0.39 is 26.9 Å². The molecule has 1 atom stereocenters.